The third-order valence-electron chi connectivity index (χ3n) is 5.69. The van der Waals surface area contributed by atoms with Gasteiger partial charge in [-0.15, -0.1) is 0 Å². The molecule has 4 rings (SSSR count). The average molecular weight is 389 g/mol. The number of likely N-dealkylation sites (tertiary alicyclic amines) is 1. The van der Waals surface area contributed by atoms with Gasteiger partial charge in [0.1, 0.15) is 0 Å². The molecule has 0 unspecified atom stereocenters. The second-order valence-corrected chi connectivity index (χ2v) is 7.83. The minimum atomic E-state index is -0.294. The van der Waals surface area contributed by atoms with Crippen molar-refractivity contribution in [2.45, 2.75) is 32.2 Å². The van der Waals surface area contributed by atoms with Crippen molar-refractivity contribution in [1.82, 2.24) is 15.1 Å². The molecule has 5 heteroatoms. The standard InChI is InChI=1S/C24H27N3O2/c1-17-5-3-6-20(13-17)22-14-25-26-23(22)21-7-4-12-27(16-21)15-18-8-10-19(11-9-18)24(28)29-2/h3,5-6,8-11,13-14,21H,4,7,12,15-16H2,1-2H3,(H,25,26)/t21-/m1/s1. The molecule has 5 nitrogen and oxygen atoms in total. The van der Waals surface area contributed by atoms with E-state index in [9.17, 15) is 4.79 Å². The van der Waals surface area contributed by atoms with E-state index in [1.54, 1.807) is 0 Å². The number of benzene rings is 2. The summed E-state index contributed by atoms with van der Waals surface area (Å²) in [5, 5.41) is 7.64. The van der Waals surface area contributed by atoms with E-state index in [0.717, 1.165) is 26.1 Å². The summed E-state index contributed by atoms with van der Waals surface area (Å²) < 4.78 is 4.78. The van der Waals surface area contributed by atoms with Crippen LogP contribution in [0.25, 0.3) is 11.1 Å². The highest BCUT2D eigenvalue weighted by Gasteiger charge is 2.25. The van der Waals surface area contributed by atoms with Gasteiger partial charge < -0.3 is 4.74 Å². The van der Waals surface area contributed by atoms with Crippen molar-refractivity contribution in [2.75, 3.05) is 20.2 Å². The number of carbonyl (C=O) groups excluding carboxylic acids is 1. The fourth-order valence-electron chi connectivity index (χ4n) is 4.21. The summed E-state index contributed by atoms with van der Waals surface area (Å²) in [6.45, 7) is 5.09. The monoisotopic (exact) mass is 389 g/mol. The predicted octanol–water partition coefficient (Wildman–Crippen LogP) is 4.55. The summed E-state index contributed by atoms with van der Waals surface area (Å²) >= 11 is 0. The molecule has 1 aromatic heterocycles. The lowest BCUT2D eigenvalue weighted by atomic mass is 9.90. The van der Waals surface area contributed by atoms with Gasteiger partial charge in [0, 0.05) is 30.3 Å². The SMILES string of the molecule is COC(=O)c1ccc(CN2CCC[C@@H](c3[nH]ncc3-c3cccc(C)c3)C2)cc1. The third kappa shape index (κ3) is 4.40. The Labute approximate surface area is 171 Å². The molecule has 0 saturated carbocycles. The number of methoxy groups -OCH3 is 1. The van der Waals surface area contributed by atoms with Gasteiger partial charge in [-0.2, -0.15) is 5.10 Å². The lowest BCUT2D eigenvalue weighted by molar-refractivity contribution is 0.0600. The second-order valence-electron chi connectivity index (χ2n) is 7.83. The fourth-order valence-corrected chi connectivity index (χ4v) is 4.21. The van der Waals surface area contributed by atoms with E-state index in [4.69, 9.17) is 4.74 Å². The zero-order chi connectivity index (χ0) is 20.2. The van der Waals surface area contributed by atoms with Crippen LogP contribution in [0.4, 0.5) is 0 Å². The number of nitrogens with zero attached hydrogens (tertiary/aromatic N) is 2. The van der Waals surface area contributed by atoms with Gasteiger partial charge in [-0.05, 0) is 49.6 Å². The first-order valence-electron chi connectivity index (χ1n) is 10.1. The molecule has 29 heavy (non-hydrogen) atoms. The van der Waals surface area contributed by atoms with Crippen molar-refractivity contribution in [3.05, 3.63) is 77.1 Å². The maximum absolute atomic E-state index is 11.6. The van der Waals surface area contributed by atoms with Crippen LogP contribution in [-0.4, -0.2) is 41.3 Å². The molecule has 3 aromatic rings. The van der Waals surface area contributed by atoms with Gasteiger partial charge in [0.2, 0.25) is 0 Å². The average Bonchev–Trinajstić information content (AvgIpc) is 3.24. The summed E-state index contributed by atoms with van der Waals surface area (Å²) in [5.74, 6) is 0.147. The Morgan fingerprint density at radius 3 is 2.83 bits per heavy atom. The number of piperidine rings is 1. The van der Waals surface area contributed by atoms with E-state index in [-0.39, 0.29) is 5.97 Å². The highest BCUT2D eigenvalue weighted by atomic mass is 16.5. The lowest BCUT2D eigenvalue weighted by Crippen LogP contribution is -2.34. The summed E-state index contributed by atoms with van der Waals surface area (Å²) in [6, 6.07) is 16.3. The number of H-pyrrole nitrogens is 1. The van der Waals surface area contributed by atoms with Gasteiger partial charge in [0.05, 0.1) is 18.9 Å². The zero-order valence-electron chi connectivity index (χ0n) is 17.0. The highest BCUT2D eigenvalue weighted by Crippen LogP contribution is 2.33. The molecular formula is C24H27N3O2. The molecule has 1 aliphatic heterocycles. The normalized spacial score (nSPS) is 17.2. The van der Waals surface area contributed by atoms with Gasteiger partial charge in [0.15, 0.2) is 0 Å². The number of nitrogens with one attached hydrogen (secondary N) is 1. The van der Waals surface area contributed by atoms with Crippen molar-refractivity contribution < 1.29 is 9.53 Å². The molecule has 1 N–H and O–H groups in total. The fraction of sp³-hybridized carbons (Fsp3) is 0.333. The van der Waals surface area contributed by atoms with Crippen LogP contribution in [0.5, 0.6) is 0 Å². The molecule has 150 valence electrons. The quantitative estimate of drug-likeness (QED) is 0.651. The number of aromatic amines is 1. The molecule has 2 aromatic carbocycles. The summed E-state index contributed by atoms with van der Waals surface area (Å²) in [6.07, 6.45) is 4.28. The Kier molecular flexibility index (Phi) is 5.76. The first-order valence-corrected chi connectivity index (χ1v) is 10.1. The molecule has 1 atom stereocenters. The molecule has 0 spiro atoms. The van der Waals surface area contributed by atoms with E-state index in [1.165, 1.54) is 41.5 Å². The lowest BCUT2D eigenvalue weighted by Gasteiger charge is -2.32. The number of hydrogen-bond donors (Lipinski definition) is 1. The number of aromatic nitrogens is 2. The van der Waals surface area contributed by atoms with Crippen LogP contribution in [0.15, 0.2) is 54.7 Å². The number of rotatable bonds is 5. The Morgan fingerprint density at radius 2 is 2.07 bits per heavy atom. The van der Waals surface area contributed by atoms with E-state index in [0.29, 0.717) is 11.5 Å². The van der Waals surface area contributed by atoms with Crippen LogP contribution in [0.2, 0.25) is 0 Å². The van der Waals surface area contributed by atoms with Gasteiger partial charge in [-0.1, -0.05) is 42.0 Å². The van der Waals surface area contributed by atoms with Gasteiger partial charge in [0.25, 0.3) is 0 Å². The van der Waals surface area contributed by atoms with Crippen molar-refractivity contribution >= 4 is 5.97 Å². The van der Waals surface area contributed by atoms with Crippen LogP contribution >= 0.6 is 0 Å². The van der Waals surface area contributed by atoms with Crippen molar-refractivity contribution in [3.8, 4) is 11.1 Å². The molecule has 1 aliphatic rings. The Hall–Kier alpha value is -2.92. The minimum absolute atomic E-state index is 0.294. The van der Waals surface area contributed by atoms with Gasteiger partial charge >= 0.3 is 5.97 Å². The Balaban J connectivity index is 1.47. The largest absolute Gasteiger partial charge is 0.465 e. The van der Waals surface area contributed by atoms with E-state index in [2.05, 4.69) is 46.3 Å². The first kappa shape index (κ1) is 19.4. The molecular weight excluding hydrogens is 362 g/mol. The van der Waals surface area contributed by atoms with Crippen molar-refractivity contribution in [2.24, 2.45) is 0 Å². The van der Waals surface area contributed by atoms with Crippen LogP contribution in [0.1, 0.15) is 45.9 Å². The predicted molar refractivity (Wildman–Crippen MR) is 114 cm³/mol. The molecule has 2 heterocycles. The van der Waals surface area contributed by atoms with Crippen LogP contribution in [0, 0.1) is 6.92 Å². The third-order valence-corrected chi connectivity index (χ3v) is 5.69. The second kappa shape index (κ2) is 8.62. The summed E-state index contributed by atoms with van der Waals surface area (Å²) in [7, 11) is 1.41. The zero-order valence-corrected chi connectivity index (χ0v) is 17.0. The smallest absolute Gasteiger partial charge is 0.337 e. The topological polar surface area (TPSA) is 58.2 Å². The maximum atomic E-state index is 11.6. The van der Waals surface area contributed by atoms with Crippen molar-refractivity contribution in [3.63, 3.8) is 0 Å². The maximum Gasteiger partial charge on any atom is 0.337 e. The van der Waals surface area contributed by atoms with Gasteiger partial charge in [-0.25, -0.2) is 4.79 Å². The van der Waals surface area contributed by atoms with Crippen LogP contribution in [0.3, 0.4) is 0 Å². The molecule has 0 bridgehead atoms. The van der Waals surface area contributed by atoms with Crippen LogP contribution in [-0.2, 0) is 11.3 Å². The van der Waals surface area contributed by atoms with Crippen molar-refractivity contribution in [1.29, 1.82) is 0 Å². The highest BCUT2D eigenvalue weighted by molar-refractivity contribution is 5.89. The summed E-state index contributed by atoms with van der Waals surface area (Å²) in [4.78, 5) is 14.1. The number of carbonyl (C=O) groups is 1. The number of ether oxygens (including phenoxy) is 1. The Morgan fingerprint density at radius 1 is 1.24 bits per heavy atom. The Bertz CT molecular complexity index is 978. The van der Waals surface area contributed by atoms with E-state index >= 15 is 0 Å². The number of aryl methyl sites for hydroxylation is 1. The number of esters is 1. The molecule has 1 saturated heterocycles. The molecule has 0 radical (unpaired) electrons. The number of hydrogen-bond acceptors (Lipinski definition) is 4. The molecule has 0 aliphatic carbocycles. The van der Waals surface area contributed by atoms with Gasteiger partial charge in [-0.3, -0.25) is 10.00 Å². The minimum Gasteiger partial charge on any atom is -0.465 e. The van der Waals surface area contributed by atoms with E-state index < -0.39 is 0 Å². The molecule has 1 fully saturated rings. The molecule has 0 amide bonds. The van der Waals surface area contributed by atoms with E-state index in [1.807, 2.05) is 30.5 Å². The summed E-state index contributed by atoms with van der Waals surface area (Å²) in [5.41, 5.74) is 6.73. The van der Waals surface area contributed by atoms with Crippen LogP contribution < -0.4 is 0 Å². The first-order chi connectivity index (χ1) is 14.1.